The molecule has 0 aliphatic rings. The van der Waals surface area contributed by atoms with Crippen molar-refractivity contribution in [1.29, 1.82) is 0 Å². The molecule has 0 unspecified atom stereocenters. The van der Waals surface area contributed by atoms with Crippen molar-refractivity contribution in [1.82, 2.24) is 0 Å². The zero-order valence-electron chi connectivity index (χ0n) is 15.0. The van der Waals surface area contributed by atoms with Crippen molar-refractivity contribution in [3.63, 3.8) is 0 Å². The first-order valence-electron chi connectivity index (χ1n) is 8.10. The molecular weight excluding hydrogens is 315 g/mol. The Labute approximate surface area is 175 Å². The molecule has 0 aromatic rings. The maximum absolute atomic E-state index is 11.3. The van der Waals surface area contributed by atoms with Gasteiger partial charge in [-0.1, -0.05) is 64.7 Å². The molecule has 1 N–H and O–H groups in total. The number of rotatable bonds is 15. The molecule has 0 radical (unpaired) electrons. The molecule has 4 nitrogen and oxygen atoms in total. The first-order valence-corrected chi connectivity index (χ1v) is 9.68. The van der Waals surface area contributed by atoms with E-state index in [9.17, 15) is 8.42 Å². The summed E-state index contributed by atoms with van der Waals surface area (Å²) in [6.45, 7) is 2.40. The molecule has 0 amide bonds. The van der Waals surface area contributed by atoms with Gasteiger partial charge in [0.15, 0.2) is 0 Å². The predicted octanol–water partition coefficient (Wildman–Crippen LogP) is 0.753. The van der Waals surface area contributed by atoms with Crippen molar-refractivity contribution < 1.29 is 70.5 Å². The molecule has 0 bridgehead atoms. The summed E-state index contributed by atoms with van der Waals surface area (Å²) in [7, 11) is -3.41. The Hall–Kier alpha value is 1.51. The van der Waals surface area contributed by atoms with Gasteiger partial charge in [-0.3, -0.25) is 4.18 Å². The summed E-state index contributed by atoms with van der Waals surface area (Å²) in [6.07, 6.45) is 12.4. The van der Waals surface area contributed by atoms with E-state index in [4.69, 9.17) is 9.29 Å². The number of hydrogen-bond acceptors (Lipinski definition) is 4. The molecule has 124 valence electrons. The third-order valence-electron chi connectivity index (χ3n) is 3.31. The van der Waals surface area contributed by atoms with Gasteiger partial charge in [0.25, 0.3) is 10.1 Å². The molecule has 0 aromatic heterocycles. The molecule has 0 aromatic carbocycles. The van der Waals surface area contributed by atoms with Crippen molar-refractivity contribution in [2.45, 2.75) is 77.6 Å². The van der Waals surface area contributed by atoms with Crippen LogP contribution in [0, 0.1) is 0 Å². The van der Waals surface area contributed by atoms with Gasteiger partial charge in [-0.05, 0) is 12.8 Å². The topological polar surface area (TPSA) is 63.6 Å². The molecule has 0 rings (SSSR count). The maximum Gasteiger partial charge on any atom is 1.00 e. The first-order chi connectivity index (χ1) is 9.62. The second-order valence-electron chi connectivity index (χ2n) is 5.34. The fraction of sp³-hybridized carbons (Fsp3) is 1.00. The van der Waals surface area contributed by atoms with E-state index in [0.29, 0.717) is 0 Å². The third-order valence-corrected chi connectivity index (χ3v) is 4.63. The van der Waals surface area contributed by atoms with Crippen LogP contribution in [0.5, 0.6) is 0 Å². The zero-order valence-corrected chi connectivity index (χ0v) is 17.9. The summed E-state index contributed by atoms with van der Waals surface area (Å²) in [4.78, 5) is 0. The Bertz CT molecular complexity index is 300. The standard InChI is InChI=1S/C15H32O4S.K.H/c1-2-3-4-5-6-7-8-9-10-11-14-19-20(17,18)15-12-13-16;;/h16H,2-15H2,1H3;;/q;+1;-1. The van der Waals surface area contributed by atoms with E-state index in [0.717, 1.165) is 19.3 Å². The largest absolute Gasteiger partial charge is 1.00 e. The van der Waals surface area contributed by atoms with Crippen molar-refractivity contribution in [3.8, 4) is 0 Å². The Kier molecular flexibility index (Phi) is 21.0. The fourth-order valence-corrected chi connectivity index (χ4v) is 3.05. The predicted molar refractivity (Wildman–Crippen MR) is 84.4 cm³/mol. The normalized spacial score (nSPS) is 11.3. The number of unbranched alkanes of at least 4 members (excludes halogenated alkanes) is 9. The van der Waals surface area contributed by atoms with E-state index in [2.05, 4.69) is 6.92 Å². The van der Waals surface area contributed by atoms with Gasteiger partial charge in [0.2, 0.25) is 0 Å². The van der Waals surface area contributed by atoms with E-state index in [1.165, 1.54) is 44.9 Å². The Morgan fingerprint density at radius 1 is 0.857 bits per heavy atom. The van der Waals surface area contributed by atoms with Crippen LogP contribution in [0.1, 0.15) is 79.0 Å². The minimum absolute atomic E-state index is 0. The molecule has 0 atom stereocenters. The van der Waals surface area contributed by atoms with Gasteiger partial charge in [0.05, 0.1) is 12.4 Å². The van der Waals surface area contributed by atoms with Crippen LogP contribution < -0.4 is 51.4 Å². The minimum atomic E-state index is -3.41. The number of hydrogen-bond donors (Lipinski definition) is 1. The van der Waals surface area contributed by atoms with Crippen LogP contribution in [0.2, 0.25) is 0 Å². The van der Waals surface area contributed by atoms with E-state index in [1.807, 2.05) is 0 Å². The van der Waals surface area contributed by atoms with Crippen molar-refractivity contribution in [3.05, 3.63) is 0 Å². The maximum atomic E-state index is 11.3. The van der Waals surface area contributed by atoms with Crippen molar-refractivity contribution >= 4 is 10.1 Å². The molecule has 0 heterocycles. The van der Waals surface area contributed by atoms with Gasteiger partial charge in [-0.15, -0.1) is 0 Å². The summed E-state index contributed by atoms with van der Waals surface area (Å²) < 4.78 is 27.5. The summed E-state index contributed by atoms with van der Waals surface area (Å²) in [5, 5.41) is 8.57. The molecule has 6 heteroatoms. The molecule has 0 aliphatic carbocycles. The average molecular weight is 349 g/mol. The SMILES string of the molecule is CCCCCCCCCCCCOS(=O)(=O)CCCO.[H-].[K+]. The Morgan fingerprint density at radius 2 is 1.33 bits per heavy atom. The van der Waals surface area contributed by atoms with Gasteiger partial charge < -0.3 is 6.53 Å². The number of aliphatic hydroxyl groups is 1. The molecule has 0 saturated heterocycles. The molecule has 0 spiro atoms. The van der Waals surface area contributed by atoms with Crippen LogP contribution >= 0.6 is 0 Å². The monoisotopic (exact) mass is 348 g/mol. The molecule has 0 aliphatic heterocycles. The summed E-state index contributed by atoms with van der Waals surface area (Å²) in [5.74, 6) is -0.0821. The smallest absolute Gasteiger partial charge is 1.00 e. The van der Waals surface area contributed by atoms with E-state index < -0.39 is 10.1 Å². The Morgan fingerprint density at radius 3 is 1.81 bits per heavy atom. The fourth-order valence-electron chi connectivity index (χ4n) is 2.08. The van der Waals surface area contributed by atoms with Gasteiger partial charge in [-0.2, -0.15) is 8.42 Å². The van der Waals surface area contributed by atoms with Crippen LogP contribution in [-0.2, 0) is 14.3 Å². The second kappa shape index (κ2) is 17.9. The van der Waals surface area contributed by atoms with Crippen molar-refractivity contribution in [2.75, 3.05) is 19.0 Å². The first kappa shape index (κ1) is 24.8. The van der Waals surface area contributed by atoms with Crippen LogP contribution in [0.3, 0.4) is 0 Å². The third kappa shape index (κ3) is 19.5. The molecular formula is C15H33KO4S. The molecule has 21 heavy (non-hydrogen) atoms. The van der Waals surface area contributed by atoms with Gasteiger partial charge in [-0.25, -0.2) is 0 Å². The van der Waals surface area contributed by atoms with Gasteiger partial charge >= 0.3 is 51.4 Å². The van der Waals surface area contributed by atoms with Gasteiger partial charge in [0.1, 0.15) is 0 Å². The van der Waals surface area contributed by atoms with E-state index in [1.54, 1.807) is 0 Å². The quantitative estimate of drug-likeness (QED) is 0.269. The average Bonchev–Trinajstić information content (AvgIpc) is 2.42. The van der Waals surface area contributed by atoms with E-state index in [-0.39, 0.29) is 78.2 Å². The summed E-state index contributed by atoms with van der Waals surface area (Å²) in [6, 6.07) is 0. The van der Waals surface area contributed by atoms with Crippen LogP contribution in [0.15, 0.2) is 0 Å². The molecule has 0 fully saturated rings. The second-order valence-corrected chi connectivity index (χ2v) is 7.10. The molecule has 0 saturated carbocycles. The minimum Gasteiger partial charge on any atom is -1.00 e. The number of aliphatic hydroxyl groups excluding tert-OH is 1. The van der Waals surface area contributed by atoms with E-state index >= 15 is 0 Å². The Balaban J connectivity index is -0.00000180. The summed E-state index contributed by atoms with van der Waals surface area (Å²) in [5.41, 5.74) is 0. The van der Waals surface area contributed by atoms with Crippen LogP contribution in [-0.4, -0.2) is 32.5 Å². The van der Waals surface area contributed by atoms with Gasteiger partial charge in [0, 0.05) is 6.61 Å². The zero-order chi connectivity index (χ0) is 15.1. The van der Waals surface area contributed by atoms with Crippen LogP contribution in [0.25, 0.3) is 0 Å². The summed E-state index contributed by atoms with van der Waals surface area (Å²) >= 11 is 0. The van der Waals surface area contributed by atoms with Crippen LogP contribution in [0.4, 0.5) is 0 Å². The van der Waals surface area contributed by atoms with Crippen molar-refractivity contribution in [2.24, 2.45) is 0 Å².